The van der Waals surface area contributed by atoms with Gasteiger partial charge in [0.1, 0.15) is 0 Å². The van der Waals surface area contributed by atoms with Gasteiger partial charge in [-0.3, -0.25) is 10.9 Å². The van der Waals surface area contributed by atoms with Crippen LogP contribution in [0.5, 0.6) is 0 Å². The molecule has 2 heterocycles. The van der Waals surface area contributed by atoms with E-state index in [2.05, 4.69) is 46.0 Å². The van der Waals surface area contributed by atoms with Gasteiger partial charge >= 0.3 is 0 Å². The Hall–Kier alpha value is -3.56. The number of hydrazone groups is 2. The molecule has 144 valence electrons. The van der Waals surface area contributed by atoms with Gasteiger partial charge < -0.3 is 0 Å². The number of nitrogens with one attached hydrogen (secondary N) is 2. The van der Waals surface area contributed by atoms with Crippen molar-refractivity contribution >= 4 is 58.6 Å². The summed E-state index contributed by atoms with van der Waals surface area (Å²) in [4.78, 5) is 8.58. The minimum atomic E-state index is 0.237. The number of benzene rings is 2. The van der Waals surface area contributed by atoms with Crippen LogP contribution >= 0.6 is 23.2 Å². The van der Waals surface area contributed by atoms with Gasteiger partial charge in [0.2, 0.25) is 11.3 Å². The van der Waals surface area contributed by atoms with E-state index < -0.39 is 0 Å². The zero-order valence-electron chi connectivity index (χ0n) is 14.6. The summed E-state index contributed by atoms with van der Waals surface area (Å²) in [6.45, 7) is 0. The molecule has 0 bridgehead atoms. The Morgan fingerprint density at radius 2 is 1.10 bits per heavy atom. The maximum Gasteiger partial charge on any atom is 0.245 e. The molecule has 9 nitrogen and oxygen atoms in total. The van der Waals surface area contributed by atoms with E-state index in [-0.39, 0.29) is 11.3 Å². The molecule has 0 aliphatic heterocycles. The van der Waals surface area contributed by atoms with Crippen LogP contribution < -0.4 is 10.9 Å². The van der Waals surface area contributed by atoms with Gasteiger partial charge in [0.25, 0.3) is 0 Å². The lowest BCUT2D eigenvalue weighted by molar-refractivity contribution is 0.314. The topological polar surface area (TPSA) is 113 Å². The summed E-state index contributed by atoms with van der Waals surface area (Å²) in [5, 5.41) is 17.0. The summed E-state index contributed by atoms with van der Waals surface area (Å²) >= 11 is 11.8. The van der Waals surface area contributed by atoms with Gasteiger partial charge in [-0.2, -0.15) is 20.2 Å². The molecule has 4 rings (SSSR count). The molecule has 0 spiro atoms. The predicted molar refractivity (Wildman–Crippen MR) is 113 cm³/mol. The average molecular weight is 427 g/mol. The Balaban J connectivity index is 1.53. The SMILES string of the molecule is Clc1ccc(/C=N/Nc2nc3nonc3nc2N/N=C/c2ccc(Cl)cc2)cc1. The molecular weight excluding hydrogens is 415 g/mol. The highest BCUT2D eigenvalue weighted by Crippen LogP contribution is 2.19. The predicted octanol–water partition coefficient (Wildman–Crippen LogP) is 4.21. The van der Waals surface area contributed by atoms with E-state index >= 15 is 0 Å². The smallest absolute Gasteiger partial charge is 0.245 e. The van der Waals surface area contributed by atoms with Crippen LogP contribution in [0, 0.1) is 0 Å². The lowest BCUT2D eigenvalue weighted by Crippen LogP contribution is -2.03. The van der Waals surface area contributed by atoms with Crippen LogP contribution in [-0.4, -0.2) is 32.7 Å². The summed E-state index contributed by atoms with van der Waals surface area (Å²) in [6.07, 6.45) is 3.23. The largest absolute Gasteiger partial charge is 0.258 e. The molecule has 29 heavy (non-hydrogen) atoms. The first-order valence-corrected chi connectivity index (χ1v) is 9.02. The quantitative estimate of drug-likeness (QED) is 0.350. The molecule has 0 amide bonds. The van der Waals surface area contributed by atoms with Crippen molar-refractivity contribution in [3.8, 4) is 0 Å². The van der Waals surface area contributed by atoms with Crippen molar-refractivity contribution < 1.29 is 4.63 Å². The van der Waals surface area contributed by atoms with Crippen LogP contribution in [0.3, 0.4) is 0 Å². The Bertz CT molecular complexity index is 1080. The van der Waals surface area contributed by atoms with E-state index in [1.807, 2.05) is 24.3 Å². The molecule has 0 atom stereocenters. The molecule has 4 aromatic rings. The zero-order valence-corrected chi connectivity index (χ0v) is 16.1. The van der Waals surface area contributed by atoms with Gasteiger partial charge in [0.15, 0.2) is 11.6 Å². The highest BCUT2D eigenvalue weighted by Gasteiger charge is 2.11. The minimum Gasteiger partial charge on any atom is -0.258 e. The molecule has 2 aromatic heterocycles. The summed E-state index contributed by atoms with van der Waals surface area (Å²) in [7, 11) is 0. The molecule has 11 heteroatoms. The molecule has 2 N–H and O–H groups in total. The second-order valence-corrected chi connectivity index (χ2v) is 6.55. The van der Waals surface area contributed by atoms with Crippen molar-refractivity contribution in [1.82, 2.24) is 20.3 Å². The second kappa shape index (κ2) is 8.63. The maximum atomic E-state index is 5.88. The number of aromatic nitrogens is 4. The highest BCUT2D eigenvalue weighted by atomic mass is 35.5. The maximum absolute atomic E-state index is 5.88. The molecule has 0 aliphatic rings. The normalized spacial score (nSPS) is 11.5. The average Bonchev–Trinajstić information content (AvgIpc) is 3.18. The molecule has 0 saturated heterocycles. The first-order chi connectivity index (χ1) is 14.2. The van der Waals surface area contributed by atoms with Crippen LogP contribution in [0.15, 0.2) is 63.4 Å². The van der Waals surface area contributed by atoms with E-state index in [9.17, 15) is 0 Å². The van der Waals surface area contributed by atoms with Crippen LogP contribution in [0.25, 0.3) is 11.3 Å². The summed E-state index contributed by atoms with van der Waals surface area (Å²) in [5.41, 5.74) is 7.81. The first-order valence-electron chi connectivity index (χ1n) is 8.27. The van der Waals surface area contributed by atoms with Crippen molar-refractivity contribution in [1.29, 1.82) is 0 Å². The number of fused-ring (bicyclic) bond motifs is 1. The summed E-state index contributed by atoms with van der Waals surface area (Å²) in [5.74, 6) is 0.596. The number of hydrogen-bond donors (Lipinski definition) is 2. The van der Waals surface area contributed by atoms with E-state index in [0.29, 0.717) is 21.7 Å². The van der Waals surface area contributed by atoms with Gasteiger partial charge in [-0.05, 0) is 45.7 Å². The Morgan fingerprint density at radius 1 is 0.690 bits per heavy atom. The number of halogens is 2. The van der Waals surface area contributed by atoms with Crippen LogP contribution in [0.2, 0.25) is 10.0 Å². The van der Waals surface area contributed by atoms with Crippen molar-refractivity contribution in [2.45, 2.75) is 0 Å². The molecule has 0 aliphatic carbocycles. The fraction of sp³-hybridized carbons (Fsp3) is 0. The van der Waals surface area contributed by atoms with Gasteiger partial charge in [-0.1, -0.05) is 47.5 Å². The molecule has 2 aromatic carbocycles. The Kier molecular flexibility index (Phi) is 5.59. The van der Waals surface area contributed by atoms with Crippen LogP contribution in [0.1, 0.15) is 11.1 Å². The van der Waals surface area contributed by atoms with Crippen molar-refractivity contribution in [2.24, 2.45) is 10.2 Å². The summed E-state index contributed by atoms with van der Waals surface area (Å²) in [6, 6.07) is 14.4. The Labute approximate surface area is 174 Å². The standard InChI is InChI=1S/C18H12Cl2N8O/c19-13-5-1-11(2-6-13)9-21-25-15-16(24-18-17(23-15)27-29-28-18)26-22-10-12-3-7-14(20)8-4-12/h1-10H,(H,23,25,27)(H,24,26,28)/b21-9+,22-10+. The lowest BCUT2D eigenvalue weighted by Gasteiger charge is -2.05. The fourth-order valence-corrected chi connectivity index (χ4v) is 2.48. The minimum absolute atomic E-state index is 0.237. The number of hydrogen-bond acceptors (Lipinski definition) is 9. The zero-order chi connectivity index (χ0) is 20.1. The third-order valence-corrected chi connectivity index (χ3v) is 4.13. The number of anilines is 2. The molecule has 0 saturated carbocycles. The van der Waals surface area contributed by atoms with E-state index in [4.69, 9.17) is 23.2 Å². The van der Waals surface area contributed by atoms with E-state index in [1.165, 1.54) is 0 Å². The van der Waals surface area contributed by atoms with Gasteiger partial charge in [0.05, 0.1) is 12.4 Å². The van der Waals surface area contributed by atoms with Crippen LogP contribution in [0.4, 0.5) is 11.6 Å². The van der Waals surface area contributed by atoms with Gasteiger partial charge in [-0.25, -0.2) is 4.63 Å². The molecule has 0 unspecified atom stereocenters. The number of rotatable bonds is 6. The summed E-state index contributed by atoms with van der Waals surface area (Å²) < 4.78 is 4.66. The van der Waals surface area contributed by atoms with Crippen molar-refractivity contribution in [3.05, 3.63) is 69.7 Å². The van der Waals surface area contributed by atoms with E-state index in [1.54, 1.807) is 36.7 Å². The third kappa shape index (κ3) is 4.84. The molecular formula is C18H12Cl2N8O. The van der Waals surface area contributed by atoms with Gasteiger partial charge in [0, 0.05) is 10.0 Å². The fourth-order valence-electron chi connectivity index (χ4n) is 2.23. The van der Waals surface area contributed by atoms with Crippen LogP contribution in [-0.2, 0) is 0 Å². The van der Waals surface area contributed by atoms with Gasteiger partial charge in [-0.15, -0.1) is 0 Å². The lowest BCUT2D eigenvalue weighted by atomic mass is 10.2. The first kappa shape index (κ1) is 18.8. The monoisotopic (exact) mass is 426 g/mol. The molecule has 0 fully saturated rings. The van der Waals surface area contributed by atoms with Crippen molar-refractivity contribution in [2.75, 3.05) is 10.9 Å². The molecule has 0 radical (unpaired) electrons. The number of nitrogens with zero attached hydrogens (tertiary/aromatic N) is 6. The third-order valence-electron chi connectivity index (χ3n) is 3.62. The Morgan fingerprint density at radius 3 is 1.52 bits per heavy atom. The van der Waals surface area contributed by atoms with Crippen molar-refractivity contribution in [3.63, 3.8) is 0 Å². The highest BCUT2D eigenvalue weighted by molar-refractivity contribution is 6.30. The van der Waals surface area contributed by atoms with E-state index in [0.717, 1.165) is 11.1 Å². The second-order valence-electron chi connectivity index (χ2n) is 5.68.